The molecule has 6 heteroatoms. The van der Waals surface area contributed by atoms with Gasteiger partial charge in [0.15, 0.2) is 5.78 Å². The van der Waals surface area contributed by atoms with Crippen molar-refractivity contribution in [3.63, 3.8) is 0 Å². The van der Waals surface area contributed by atoms with Crippen LogP contribution in [0.1, 0.15) is 65.2 Å². The molecule has 0 aromatic heterocycles. The van der Waals surface area contributed by atoms with Gasteiger partial charge in [-0.25, -0.2) is 0 Å². The predicted molar refractivity (Wildman–Crippen MR) is 108 cm³/mol. The molecule has 1 unspecified atom stereocenters. The number of alkyl halides is 3. The molecule has 7 atom stereocenters. The molecule has 3 nitrogen and oxygen atoms in total. The van der Waals surface area contributed by atoms with Crippen LogP contribution >= 0.6 is 34.8 Å². The SMILES string of the molecule is C[C@]12CC[C@H]3[C@@H](CCC4=CC(=O)CC[C@@]43C)[C@@H]1CC[C@@H]2OC(O)C(Cl)(Cl)Cl. The largest absolute Gasteiger partial charge is 0.365 e. The number of halogens is 3. The number of carbonyl (C=O) groups excluding carboxylic acids is 1. The lowest BCUT2D eigenvalue weighted by molar-refractivity contribution is -0.177. The molecule has 27 heavy (non-hydrogen) atoms. The Balaban J connectivity index is 1.56. The molecule has 0 aliphatic heterocycles. The third-order valence-corrected chi connectivity index (χ3v) is 9.01. The molecule has 0 spiro atoms. The summed E-state index contributed by atoms with van der Waals surface area (Å²) in [6, 6.07) is 0. The van der Waals surface area contributed by atoms with E-state index in [1.807, 2.05) is 6.08 Å². The molecular formula is C21H29Cl3O3. The third-order valence-electron chi connectivity index (χ3n) is 8.45. The van der Waals surface area contributed by atoms with E-state index in [0.717, 1.165) is 44.9 Å². The normalized spacial score (nSPS) is 45.6. The Morgan fingerprint density at radius 3 is 2.56 bits per heavy atom. The van der Waals surface area contributed by atoms with Gasteiger partial charge in [-0.3, -0.25) is 4.79 Å². The lowest BCUT2D eigenvalue weighted by Crippen LogP contribution is -2.52. The second-order valence-corrected chi connectivity index (χ2v) is 12.0. The second kappa shape index (κ2) is 6.87. The Labute approximate surface area is 176 Å². The molecule has 0 radical (unpaired) electrons. The fourth-order valence-electron chi connectivity index (χ4n) is 6.97. The molecular weight excluding hydrogens is 407 g/mol. The summed E-state index contributed by atoms with van der Waals surface area (Å²) in [4.78, 5) is 11.9. The van der Waals surface area contributed by atoms with Crippen LogP contribution in [0.2, 0.25) is 0 Å². The molecule has 3 saturated carbocycles. The number of ether oxygens (including phenoxy) is 1. The van der Waals surface area contributed by atoms with Crippen LogP contribution in [0.15, 0.2) is 11.6 Å². The average Bonchev–Trinajstić information content (AvgIpc) is 2.91. The van der Waals surface area contributed by atoms with Crippen LogP contribution in [-0.4, -0.2) is 27.1 Å². The number of rotatable bonds is 2. The van der Waals surface area contributed by atoms with Crippen LogP contribution < -0.4 is 0 Å². The minimum absolute atomic E-state index is 0.0140. The van der Waals surface area contributed by atoms with E-state index in [2.05, 4.69) is 13.8 Å². The first-order valence-corrected chi connectivity index (χ1v) is 11.3. The van der Waals surface area contributed by atoms with Gasteiger partial charge in [0.2, 0.25) is 10.1 Å². The highest BCUT2D eigenvalue weighted by atomic mass is 35.6. The minimum Gasteiger partial charge on any atom is -0.365 e. The molecule has 0 aromatic carbocycles. The Kier molecular flexibility index (Phi) is 5.21. The summed E-state index contributed by atoms with van der Waals surface area (Å²) in [5.41, 5.74) is 1.58. The number of hydrogen-bond acceptors (Lipinski definition) is 3. The zero-order chi connectivity index (χ0) is 19.6. The van der Waals surface area contributed by atoms with E-state index < -0.39 is 10.1 Å². The molecule has 0 heterocycles. The van der Waals surface area contributed by atoms with Gasteiger partial charge < -0.3 is 9.84 Å². The second-order valence-electron chi connectivity index (χ2n) is 9.61. The molecule has 4 aliphatic rings. The van der Waals surface area contributed by atoms with Crippen molar-refractivity contribution >= 4 is 40.6 Å². The van der Waals surface area contributed by atoms with Gasteiger partial charge in [-0.15, -0.1) is 0 Å². The Morgan fingerprint density at radius 2 is 1.85 bits per heavy atom. The van der Waals surface area contributed by atoms with Crippen molar-refractivity contribution in [1.82, 2.24) is 0 Å². The van der Waals surface area contributed by atoms with Gasteiger partial charge in [-0.05, 0) is 79.6 Å². The number of allylic oxidation sites excluding steroid dienone is 1. The first-order valence-electron chi connectivity index (χ1n) is 10.2. The van der Waals surface area contributed by atoms with Gasteiger partial charge >= 0.3 is 0 Å². The summed E-state index contributed by atoms with van der Waals surface area (Å²) in [5, 5.41) is 10.1. The van der Waals surface area contributed by atoms with Crippen molar-refractivity contribution in [3.05, 3.63) is 11.6 Å². The lowest BCUT2D eigenvalue weighted by Gasteiger charge is -2.58. The summed E-state index contributed by atoms with van der Waals surface area (Å²) in [6.07, 6.45) is 8.55. The number of fused-ring (bicyclic) bond motifs is 5. The summed E-state index contributed by atoms with van der Waals surface area (Å²) in [7, 11) is 0. The van der Waals surface area contributed by atoms with Crippen molar-refractivity contribution in [2.24, 2.45) is 28.6 Å². The van der Waals surface area contributed by atoms with E-state index in [1.165, 1.54) is 5.57 Å². The van der Waals surface area contributed by atoms with E-state index in [1.54, 1.807) is 0 Å². The van der Waals surface area contributed by atoms with Crippen LogP contribution in [0.5, 0.6) is 0 Å². The number of aliphatic hydroxyl groups excluding tert-OH is 1. The van der Waals surface area contributed by atoms with E-state index in [4.69, 9.17) is 39.5 Å². The molecule has 0 bridgehead atoms. The van der Waals surface area contributed by atoms with E-state index in [0.29, 0.717) is 30.0 Å². The summed E-state index contributed by atoms with van der Waals surface area (Å²) >= 11 is 17.5. The first-order chi connectivity index (χ1) is 12.6. The summed E-state index contributed by atoms with van der Waals surface area (Å²) in [6.45, 7) is 4.69. The minimum atomic E-state index is -1.82. The molecule has 0 aromatic rings. The maximum Gasteiger partial charge on any atom is 0.240 e. The van der Waals surface area contributed by atoms with Gasteiger partial charge in [0.05, 0.1) is 6.10 Å². The van der Waals surface area contributed by atoms with Gasteiger partial charge in [0.25, 0.3) is 0 Å². The fourth-order valence-corrected chi connectivity index (χ4v) is 7.12. The monoisotopic (exact) mass is 434 g/mol. The number of aliphatic hydroxyl groups is 1. The first kappa shape index (κ1) is 20.5. The van der Waals surface area contributed by atoms with Crippen LogP contribution in [0, 0.1) is 28.6 Å². The Hall–Kier alpha value is 0.200. The van der Waals surface area contributed by atoms with Crippen molar-refractivity contribution in [3.8, 4) is 0 Å². The number of hydrogen-bond donors (Lipinski definition) is 1. The molecule has 152 valence electrons. The molecule has 4 rings (SSSR count). The average molecular weight is 436 g/mol. The summed E-state index contributed by atoms with van der Waals surface area (Å²) in [5.74, 6) is 2.16. The van der Waals surface area contributed by atoms with Crippen LogP contribution in [0.3, 0.4) is 0 Å². The highest BCUT2D eigenvalue weighted by Gasteiger charge is 2.60. The third kappa shape index (κ3) is 3.30. The van der Waals surface area contributed by atoms with Crippen LogP contribution in [0.4, 0.5) is 0 Å². The maximum atomic E-state index is 11.9. The zero-order valence-electron chi connectivity index (χ0n) is 16.0. The van der Waals surface area contributed by atoms with E-state index in [9.17, 15) is 9.90 Å². The van der Waals surface area contributed by atoms with Gasteiger partial charge in [-0.1, -0.05) is 54.2 Å². The van der Waals surface area contributed by atoms with Gasteiger partial charge in [0, 0.05) is 6.42 Å². The molecule has 0 amide bonds. The van der Waals surface area contributed by atoms with Gasteiger partial charge in [0.1, 0.15) is 0 Å². The number of ketones is 1. The smallest absolute Gasteiger partial charge is 0.240 e. The highest BCUT2D eigenvalue weighted by molar-refractivity contribution is 6.67. The molecule has 0 saturated heterocycles. The van der Waals surface area contributed by atoms with Crippen LogP contribution in [-0.2, 0) is 9.53 Å². The zero-order valence-corrected chi connectivity index (χ0v) is 18.3. The van der Waals surface area contributed by atoms with Crippen LogP contribution in [0.25, 0.3) is 0 Å². The predicted octanol–water partition coefficient (Wildman–Crippen LogP) is 5.59. The maximum absolute atomic E-state index is 11.9. The number of carbonyl (C=O) groups is 1. The molecule has 4 aliphatic carbocycles. The fraction of sp³-hybridized carbons (Fsp3) is 0.857. The van der Waals surface area contributed by atoms with Crippen molar-refractivity contribution in [2.75, 3.05) is 0 Å². The standard InChI is InChI=1S/C21H29Cl3O3/c1-19-9-7-13(25)11-12(19)3-4-14-15-5-6-17(27-18(26)21(22,23)24)20(15,2)10-8-16(14)19/h11,14-18,26H,3-10H2,1-2H3/t14-,15-,16-,17-,18?,19-,20-/m0/s1. The van der Waals surface area contributed by atoms with E-state index in [-0.39, 0.29) is 16.9 Å². The molecule has 3 fully saturated rings. The van der Waals surface area contributed by atoms with E-state index >= 15 is 0 Å². The molecule has 1 N–H and O–H groups in total. The summed E-state index contributed by atoms with van der Waals surface area (Å²) < 4.78 is 4.06. The Bertz CT molecular complexity index is 658. The quantitative estimate of drug-likeness (QED) is 0.454. The lowest BCUT2D eigenvalue weighted by atomic mass is 9.47. The highest BCUT2D eigenvalue weighted by Crippen LogP contribution is 2.65. The van der Waals surface area contributed by atoms with Crippen molar-refractivity contribution in [1.29, 1.82) is 0 Å². The Morgan fingerprint density at radius 1 is 1.11 bits per heavy atom. The van der Waals surface area contributed by atoms with Crippen molar-refractivity contribution in [2.45, 2.75) is 81.4 Å². The van der Waals surface area contributed by atoms with Gasteiger partial charge in [-0.2, -0.15) is 0 Å². The topological polar surface area (TPSA) is 46.5 Å². The van der Waals surface area contributed by atoms with Crippen molar-refractivity contribution < 1.29 is 14.6 Å².